The predicted molar refractivity (Wildman–Crippen MR) is 57.8 cm³/mol. The summed E-state index contributed by atoms with van der Waals surface area (Å²) < 4.78 is 0. The Labute approximate surface area is 94.7 Å². The molecule has 0 atom stereocenters. The topological polar surface area (TPSA) is 124 Å². The maximum absolute atomic E-state index is 11.7. The normalized spacial score (nSPS) is 10.2. The molecule has 1 amide bonds. The second-order valence-corrected chi connectivity index (χ2v) is 3.33. The van der Waals surface area contributed by atoms with E-state index in [1.54, 1.807) is 6.92 Å². The molecule has 0 radical (unpaired) electrons. The Morgan fingerprint density at radius 1 is 1.53 bits per heavy atom. The number of aromatic hydroxyl groups is 1. The van der Waals surface area contributed by atoms with Gasteiger partial charge in [0.25, 0.3) is 11.5 Å². The second-order valence-electron chi connectivity index (χ2n) is 3.33. The van der Waals surface area contributed by atoms with Gasteiger partial charge in [0.2, 0.25) is 5.95 Å². The number of hydrogen-bond donors (Lipinski definition) is 4. The molecule has 0 aliphatic carbocycles. The minimum absolute atomic E-state index is 0.0920. The Kier molecular flexibility index (Phi) is 2.61. The molecule has 2 aromatic heterocycles. The Bertz CT molecular complexity index is 602. The van der Waals surface area contributed by atoms with Crippen molar-refractivity contribution in [3.8, 4) is 5.75 Å². The monoisotopic (exact) mass is 235 g/mol. The van der Waals surface area contributed by atoms with E-state index in [1.807, 2.05) is 0 Å². The summed E-state index contributed by atoms with van der Waals surface area (Å²) >= 11 is 0. The molecular weight excluding hydrogens is 226 g/mol. The van der Waals surface area contributed by atoms with Crippen molar-refractivity contribution in [3.05, 3.63) is 34.0 Å². The molecule has 2 heterocycles. The zero-order chi connectivity index (χ0) is 12.4. The summed E-state index contributed by atoms with van der Waals surface area (Å²) in [5.41, 5.74) is -0.574. The quantitative estimate of drug-likeness (QED) is 0.571. The van der Waals surface area contributed by atoms with E-state index < -0.39 is 11.5 Å². The van der Waals surface area contributed by atoms with Gasteiger partial charge in [0.15, 0.2) is 0 Å². The first-order valence-electron chi connectivity index (χ1n) is 4.67. The highest BCUT2D eigenvalue weighted by Gasteiger charge is 2.17. The maximum atomic E-state index is 11.7. The third kappa shape index (κ3) is 2.14. The Morgan fingerprint density at radius 2 is 2.29 bits per heavy atom. The average Bonchev–Trinajstić information content (AvgIpc) is 2.68. The summed E-state index contributed by atoms with van der Waals surface area (Å²) in [7, 11) is 0. The number of aryl methyl sites for hydroxylation is 1. The lowest BCUT2D eigenvalue weighted by Gasteiger charge is -2.03. The Morgan fingerprint density at radius 3 is 2.88 bits per heavy atom. The lowest BCUT2D eigenvalue weighted by atomic mass is 10.2. The molecule has 88 valence electrons. The van der Waals surface area contributed by atoms with Crippen LogP contribution in [0.15, 0.2) is 17.2 Å². The van der Waals surface area contributed by atoms with Crippen molar-refractivity contribution in [1.82, 2.24) is 20.2 Å². The van der Waals surface area contributed by atoms with Crippen LogP contribution in [0.5, 0.6) is 5.75 Å². The van der Waals surface area contributed by atoms with Gasteiger partial charge < -0.3 is 10.1 Å². The van der Waals surface area contributed by atoms with E-state index in [0.29, 0.717) is 5.69 Å². The van der Waals surface area contributed by atoms with E-state index >= 15 is 0 Å². The third-order valence-electron chi connectivity index (χ3n) is 2.02. The van der Waals surface area contributed by atoms with Gasteiger partial charge in [-0.05, 0) is 13.0 Å². The molecule has 0 bridgehead atoms. The van der Waals surface area contributed by atoms with Gasteiger partial charge in [-0.3, -0.25) is 14.9 Å². The molecule has 0 aromatic carbocycles. The molecule has 0 aliphatic heterocycles. The van der Waals surface area contributed by atoms with Gasteiger partial charge in [-0.1, -0.05) is 0 Å². The van der Waals surface area contributed by atoms with E-state index in [-0.39, 0.29) is 17.3 Å². The van der Waals surface area contributed by atoms with Gasteiger partial charge in [0.1, 0.15) is 17.6 Å². The molecule has 0 saturated carbocycles. The Balaban J connectivity index is 2.35. The minimum atomic E-state index is -0.763. The molecular formula is C9H9N5O3. The van der Waals surface area contributed by atoms with Gasteiger partial charge in [0.05, 0.1) is 0 Å². The van der Waals surface area contributed by atoms with E-state index in [1.165, 1.54) is 12.4 Å². The van der Waals surface area contributed by atoms with E-state index in [2.05, 4.69) is 25.5 Å². The van der Waals surface area contributed by atoms with E-state index in [4.69, 9.17) is 0 Å². The van der Waals surface area contributed by atoms with Gasteiger partial charge in [0, 0.05) is 5.69 Å². The van der Waals surface area contributed by atoms with Crippen molar-refractivity contribution in [1.29, 1.82) is 0 Å². The second kappa shape index (κ2) is 4.08. The zero-order valence-electron chi connectivity index (χ0n) is 8.81. The Hall–Kier alpha value is -2.64. The van der Waals surface area contributed by atoms with Crippen molar-refractivity contribution in [2.75, 3.05) is 5.32 Å². The molecule has 0 fully saturated rings. The summed E-state index contributed by atoms with van der Waals surface area (Å²) in [6.45, 7) is 1.60. The number of hydrogen-bond acceptors (Lipinski definition) is 5. The first-order valence-corrected chi connectivity index (χ1v) is 4.67. The van der Waals surface area contributed by atoms with Gasteiger partial charge in [-0.2, -0.15) is 10.1 Å². The average molecular weight is 235 g/mol. The number of pyridine rings is 1. The number of aromatic amines is 2. The molecule has 8 heteroatoms. The fourth-order valence-electron chi connectivity index (χ4n) is 1.33. The summed E-state index contributed by atoms with van der Waals surface area (Å²) in [4.78, 5) is 29.3. The molecule has 0 aliphatic rings. The predicted octanol–water partition coefficient (Wildman–Crippen LogP) is -0.241. The van der Waals surface area contributed by atoms with Crippen molar-refractivity contribution >= 4 is 11.9 Å². The molecule has 8 nitrogen and oxygen atoms in total. The number of nitrogens with zero attached hydrogens (tertiary/aromatic N) is 2. The fraction of sp³-hybridized carbons (Fsp3) is 0.111. The van der Waals surface area contributed by atoms with Gasteiger partial charge in [-0.25, -0.2) is 5.10 Å². The van der Waals surface area contributed by atoms with Crippen LogP contribution in [0.1, 0.15) is 16.1 Å². The fourth-order valence-corrected chi connectivity index (χ4v) is 1.33. The number of nitrogens with one attached hydrogen (secondary N) is 3. The van der Waals surface area contributed by atoms with E-state index in [9.17, 15) is 14.7 Å². The highest BCUT2D eigenvalue weighted by Crippen LogP contribution is 2.13. The molecule has 4 N–H and O–H groups in total. The molecule has 0 spiro atoms. The lowest BCUT2D eigenvalue weighted by molar-refractivity contribution is 0.102. The van der Waals surface area contributed by atoms with Crippen LogP contribution in [0.4, 0.5) is 5.95 Å². The van der Waals surface area contributed by atoms with Crippen LogP contribution in [0.3, 0.4) is 0 Å². The summed E-state index contributed by atoms with van der Waals surface area (Å²) in [6.07, 6.45) is 1.20. The van der Waals surface area contributed by atoms with Crippen LogP contribution in [0.2, 0.25) is 0 Å². The van der Waals surface area contributed by atoms with Crippen LogP contribution in [0.25, 0.3) is 0 Å². The van der Waals surface area contributed by atoms with Crippen LogP contribution in [-0.4, -0.2) is 31.2 Å². The van der Waals surface area contributed by atoms with Crippen molar-refractivity contribution < 1.29 is 9.90 Å². The van der Waals surface area contributed by atoms with E-state index in [0.717, 1.165) is 0 Å². The molecule has 17 heavy (non-hydrogen) atoms. The smallest absolute Gasteiger partial charge is 0.267 e. The zero-order valence-corrected chi connectivity index (χ0v) is 8.81. The van der Waals surface area contributed by atoms with Gasteiger partial charge in [-0.15, -0.1) is 0 Å². The van der Waals surface area contributed by atoms with Gasteiger partial charge >= 0.3 is 0 Å². The lowest BCUT2D eigenvalue weighted by Crippen LogP contribution is -2.24. The summed E-state index contributed by atoms with van der Waals surface area (Å²) in [6, 6.07) is 1.29. The number of amides is 1. The first-order chi connectivity index (χ1) is 8.08. The highest BCUT2D eigenvalue weighted by molar-refractivity contribution is 6.04. The minimum Gasteiger partial charge on any atom is -0.507 e. The van der Waals surface area contributed by atoms with Crippen molar-refractivity contribution in [3.63, 3.8) is 0 Å². The standard InChI is InChI=1S/C9H9N5O3/c1-4-2-5(15)6(7(16)12-4)8(17)13-9-10-3-11-14-9/h2-3H,1H3,(H2,12,15,16)(H2,10,11,13,14,17). The molecule has 0 unspecified atom stereocenters. The van der Waals surface area contributed by atoms with Crippen molar-refractivity contribution in [2.24, 2.45) is 0 Å². The van der Waals surface area contributed by atoms with Crippen molar-refractivity contribution in [2.45, 2.75) is 6.92 Å². The number of carbonyl (C=O) groups excluding carboxylic acids is 1. The van der Waals surface area contributed by atoms with Crippen LogP contribution >= 0.6 is 0 Å². The number of carbonyl (C=O) groups is 1. The van der Waals surface area contributed by atoms with Crippen LogP contribution in [-0.2, 0) is 0 Å². The largest absolute Gasteiger partial charge is 0.507 e. The molecule has 2 rings (SSSR count). The third-order valence-corrected chi connectivity index (χ3v) is 2.02. The molecule has 0 saturated heterocycles. The summed E-state index contributed by atoms with van der Waals surface area (Å²) in [5, 5.41) is 17.8. The van der Waals surface area contributed by atoms with Crippen LogP contribution < -0.4 is 10.9 Å². The maximum Gasteiger partial charge on any atom is 0.267 e. The molecule has 2 aromatic rings. The summed E-state index contributed by atoms with van der Waals surface area (Å²) in [5.74, 6) is -1.06. The highest BCUT2D eigenvalue weighted by atomic mass is 16.3. The SMILES string of the molecule is Cc1cc(O)c(C(=O)Nc2ncn[nH]2)c(=O)[nH]1. The number of rotatable bonds is 2. The van der Waals surface area contributed by atoms with Crippen LogP contribution in [0, 0.1) is 6.92 Å². The first kappa shape index (κ1) is 10.9. The number of aromatic nitrogens is 4. The number of H-pyrrole nitrogens is 2. The number of anilines is 1.